The van der Waals surface area contributed by atoms with Gasteiger partial charge < -0.3 is 10.1 Å². The zero-order chi connectivity index (χ0) is 10.1. The van der Waals surface area contributed by atoms with Gasteiger partial charge in [-0.05, 0) is 42.5 Å². The zero-order valence-electron chi connectivity index (χ0n) is 8.96. The van der Waals surface area contributed by atoms with Gasteiger partial charge in [-0.15, -0.1) is 0 Å². The zero-order valence-corrected chi connectivity index (χ0v) is 8.96. The maximum absolute atomic E-state index is 5.53. The van der Waals surface area contributed by atoms with Crippen molar-refractivity contribution in [1.82, 2.24) is 5.32 Å². The van der Waals surface area contributed by atoms with Crippen LogP contribution in [-0.2, 0) is 6.42 Å². The Morgan fingerprint density at radius 2 is 2.33 bits per heavy atom. The first-order chi connectivity index (χ1) is 7.43. The van der Waals surface area contributed by atoms with Crippen LogP contribution in [-0.4, -0.2) is 19.7 Å². The van der Waals surface area contributed by atoms with Gasteiger partial charge in [-0.25, -0.2) is 0 Å². The fraction of sp³-hybridized carbons (Fsp3) is 0.538. The van der Waals surface area contributed by atoms with E-state index < -0.39 is 0 Å². The van der Waals surface area contributed by atoms with E-state index in [2.05, 4.69) is 23.5 Å². The molecule has 0 radical (unpaired) electrons. The smallest absolute Gasteiger partial charge is 0.122 e. The molecule has 1 N–H and O–H groups in total. The summed E-state index contributed by atoms with van der Waals surface area (Å²) >= 11 is 0. The van der Waals surface area contributed by atoms with Crippen molar-refractivity contribution in [2.45, 2.75) is 25.2 Å². The summed E-state index contributed by atoms with van der Waals surface area (Å²) in [5.41, 5.74) is 2.89. The van der Waals surface area contributed by atoms with Crippen LogP contribution in [0.1, 0.15) is 29.9 Å². The number of benzene rings is 1. The number of piperidine rings is 1. The summed E-state index contributed by atoms with van der Waals surface area (Å²) in [7, 11) is 0. The Hall–Kier alpha value is -1.02. The molecule has 1 aromatic rings. The van der Waals surface area contributed by atoms with Crippen LogP contribution in [0.2, 0.25) is 0 Å². The van der Waals surface area contributed by atoms with Gasteiger partial charge in [0.15, 0.2) is 0 Å². The second-order valence-electron chi connectivity index (χ2n) is 4.51. The number of nitrogens with one attached hydrogen (secondary N) is 1. The standard InChI is InChI=1S/C13H17NO/c1-2-12(9-14-6-1)10-3-4-13-11(8-10)5-7-15-13/h3-4,8,12,14H,1-2,5-7,9H2/t12-/m0/s1. The van der Waals surface area contributed by atoms with Gasteiger partial charge in [0, 0.05) is 13.0 Å². The fourth-order valence-electron chi connectivity index (χ4n) is 2.60. The quantitative estimate of drug-likeness (QED) is 0.754. The van der Waals surface area contributed by atoms with Gasteiger partial charge in [-0.3, -0.25) is 0 Å². The molecule has 0 spiro atoms. The minimum atomic E-state index is 0.713. The molecule has 0 bridgehead atoms. The highest BCUT2D eigenvalue weighted by molar-refractivity contribution is 5.41. The molecule has 2 heterocycles. The van der Waals surface area contributed by atoms with Crippen LogP contribution in [0.25, 0.3) is 0 Å². The molecule has 1 fully saturated rings. The minimum absolute atomic E-state index is 0.713. The maximum Gasteiger partial charge on any atom is 0.122 e. The van der Waals surface area contributed by atoms with E-state index in [1.54, 1.807) is 0 Å². The molecular formula is C13H17NO. The molecule has 0 amide bonds. The number of rotatable bonds is 1. The van der Waals surface area contributed by atoms with Crippen LogP contribution in [0.5, 0.6) is 5.75 Å². The largest absolute Gasteiger partial charge is 0.493 e. The number of hydrogen-bond acceptors (Lipinski definition) is 2. The molecule has 3 rings (SSSR count). The molecule has 0 unspecified atom stereocenters. The molecule has 2 aliphatic heterocycles. The first-order valence-corrected chi connectivity index (χ1v) is 5.90. The minimum Gasteiger partial charge on any atom is -0.493 e. The highest BCUT2D eigenvalue weighted by Crippen LogP contribution is 2.30. The molecule has 2 nitrogen and oxygen atoms in total. The van der Waals surface area contributed by atoms with Gasteiger partial charge in [-0.2, -0.15) is 0 Å². The Kier molecular flexibility index (Phi) is 2.37. The molecule has 1 aromatic carbocycles. The maximum atomic E-state index is 5.53. The Bertz CT molecular complexity index is 356. The van der Waals surface area contributed by atoms with E-state index in [1.807, 2.05) is 0 Å². The molecular weight excluding hydrogens is 186 g/mol. The van der Waals surface area contributed by atoms with E-state index in [0.29, 0.717) is 5.92 Å². The second kappa shape index (κ2) is 3.86. The highest BCUT2D eigenvalue weighted by Gasteiger charge is 2.18. The summed E-state index contributed by atoms with van der Waals surface area (Å²) in [4.78, 5) is 0. The molecule has 15 heavy (non-hydrogen) atoms. The van der Waals surface area contributed by atoms with Gasteiger partial charge in [0.1, 0.15) is 5.75 Å². The summed E-state index contributed by atoms with van der Waals surface area (Å²) in [5.74, 6) is 1.81. The molecule has 1 atom stereocenters. The molecule has 2 heteroatoms. The lowest BCUT2D eigenvalue weighted by atomic mass is 9.90. The Labute approximate surface area is 90.6 Å². The summed E-state index contributed by atoms with van der Waals surface area (Å²) in [6.45, 7) is 3.19. The van der Waals surface area contributed by atoms with Crippen LogP contribution in [0, 0.1) is 0 Å². The van der Waals surface area contributed by atoms with Gasteiger partial charge in [-0.1, -0.05) is 12.1 Å². The van der Waals surface area contributed by atoms with Crippen molar-refractivity contribution < 1.29 is 4.74 Å². The molecule has 1 saturated heterocycles. The third kappa shape index (κ3) is 1.74. The van der Waals surface area contributed by atoms with Crippen molar-refractivity contribution in [3.8, 4) is 5.75 Å². The normalized spacial score (nSPS) is 24.7. The lowest BCUT2D eigenvalue weighted by Crippen LogP contribution is -2.28. The first kappa shape index (κ1) is 9.22. The Balaban J connectivity index is 1.85. The molecule has 2 aliphatic rings. The topological polar surface area (TPSA) is 21.3 Å². The number of hydrogen-bond donors (Lipinski definition) is 1. The summed E-state index contributed by atoms with van der Waals surface area (Å²) < 4.78 is 5.53. The van der Waals surface area contributed by atoms with Crippen molar-refractivity contribution in [3.63, 3.8) is 0 Å². The lowest BCUT2D eigenvalue weighted by Gasteiger charge is -2.23. The third-order valence-electron chi connectivity index (χ3n) is 3.48. The van der Waals surface area contributed by atoms with Gasteiger partial charge in [0.25, 0.3) is 0 Å². The van der Waals surface area contributed by atoms with Crippen LogP contribution in [0.3, 0.4) is 0 Å². The Morgan fingerprint density at radius 1 is 1.33 bits per heavy atom. The Morgan fingerprint density at radius 3 is 3.20 bits per heavy atom. The van der Waals surface area contributed by atoms with Crippen molar-refractivity contribution in [2.75, 3.05) is 19.7 Å². The van der Waals surface area contributed by atoms with E-state index in [-0.39, 0.29) is 0 Å². The van der Waals surface area contributed by atoms with Crippen molar-refractivity contribution >= 4 is 0 Å². The fourth-order valence-corrected chi connectivity index (χ4v) is 2.60. The van der Waals surface area contributed by atoms with E-state index in [1.165, 1.54) is 30.5 Å². The second-order valence-corrected chi connectivity index (χ2v) is 4.51. The van der Waals surface area contributed by atoms with Crippen LogP contribution >= 0.6 is 0 Å². The van der Waals surface area contributed by atoms with E-state index in [9.17, 15) is 0 Å². The monoisotopic (exact) mass is 203 g/mol. The molecule has 0 aromatic heterocycles. The number of ether oxygens (including phenoxy) is 1. The predicted molar refractivity (Wildman–Crippen MR) is 60.5 cm³/mol. The van der Waals surface area contributed by atoms with Crippen LogP contribution in [0.4, 0.5) is 0 Å². The van der Waals surface area contributed by atoms with Crippen molar-refractivity contribution in [1.29, 1.82) is 0 Å². The lowest BCUT2D eigenvalue weighted by molar-refractivity contribution is 0.356. The molecule has 80 valence electrons. The van der Waals surface area contributed by atoms with E-state index in [4.69, 9.17) is 4.74 Å². The summed E-state index contributed by atoms with van der Waals surface area (Å²) in [6.07, 6.45) is 3.72. The van der Waals surface area contributed by atoms with Gasteiger partial charge >= 0.3 is 0 Å². The van der Waals surface area contributed by atoms with Crippen LogP contribution < -0.4 is 10.1 Å². The molecule has 0 aliphatic carbocycles. The van der Waals surface area contributed by atoms with Gasteiger partial charge in [0.2, 0.25) is 0 Å². The van der Waals surface area contributed by atoms with E-state index in [0.717, 1.165) is 25.3 Å². The van der Waals surface area contributed by atoms with Crippen LogP contribution in [0.15, 0.2) is 18.2 Å². The van der Waals surface area contributed by atoms with Crippen molar-refractivity contribution in [2.24, 2.45) is 0 Å². The SMILES string of the molecule is c1cc2c(cc1[C@H]1CCCNC1)CCO2. The number of fused-ring (bicyclic) bond motifs is 1. The van der Waals surface area contributed by atoms with Gasteiger partial charge in [0.05, 0.1) is 6.61 Å². The first-order valence-electron chi connectivity index (χ1n) is 5.90. The highest BCUT2D eigenvalue weighted by atomic mass is 16.5. The summed E-state index contributed by atoms with van der Waals surface area (Å²) in [6, 6.07) is 6.73. The van der Waals surface area contributed by atoms with E-state index >= 15 is 0 Å². The summed E-state index contributed by atoms with van der Waals surface area (Å²) in [5, 5.41) is 3.47. The molecule has 0 saturated carbocycles. The predicted octanol–water partition coefficient (Wildman–Crippen LogP) is 2.09. The van der Waals surface area contributed by atoms with Crippen molar-refractivity contribution in [3.05, 3.63) is 29.3 Å². The average Bonchev–Trinajstić information content (AvgIpc) is 2.77. The third-order valence-corrected chi connectivity index (χ3v) is 3.48. The average molecular weight is 203 g/mol.